The second-order valence-corrected chi connectivity index (χ2v) is 6.98. The SMILES string of the molecule is COCCc1noc([C@@H]2CCCCN2Cc2cn3ccc(C)cc3n2)n1. The van der Waals surface area contributed by atoms with E-state index in [9.17, 15) is 0 Å². The Morgan fingerprint density at radius 2 is 2.23 bits per heavy atom. The number of fused-ring (bicyclic) bond motifs is 1. The standard InChI is InChI=1S/C19H25N5O2/c1-14-6-9-24-13-15(20-18(24)11-14)12-23-8-4-3-5-16(23)19-21-17(22-26-19)7-10-25-2/h6,9,11,13,16H,3-5,7-8,10,12H2,1-2H3/t16-/m0/s1. The fourth-order valence-corrected chi connectivity index (χ4v) is 3.58. The number of pyridine rings is 1. The molecule has 4 rings (SSSR count). The van der Waals surface area contributed by atoms with Gasteiger partial charge in [0.1, 0.15) is 5.65 Å². The van der Waals surface area contributed by atoms with Crippen molar-refractivity contribution in [1.29, 1.82) is 0 Å². The van der Waals surface area contributed by atoms with Crippen LogP contribution in [0, 0.1) is 6.92 Å². The van der Waals surface area contributed by atoms with Gasteiger partial charge in [-0.25, -0.2) is 4.98 Å². The maximum atomic E-state index is 5.56. The Kier molecular flexibility index (Phi) is 4.99. The van der Waals surface area contributed by atoms with Crippen LogP contribution in [-0.4, -0.2) is 44.7 Å². The van der Waals surface area contributed by atoms with Gasteiger partial charge in [-0.15, -0.1) is 0 Å². The molecule has 0 saturated carbocycles. The van der Waals surface area contributed by atoms with Gasteiger partial charge in [0.2, 0.25) is 5.89 Å². The van der Waals surface area contributed by atoms with E-state index in [1.165, 1.54) is 18.4 Å². The van der Waals surface area contributed by atoms with Gasteiger partial charge in [0.25, 0.3) is 0 Å². The first kappa shape index (κ1) is 17.2. The zero-order valence-electron chi connectivity index (χ0n) is 15.4. The molecular formula is C19H25N5O2. The van der Waals surface area contributed by atoms with Crippen molar-refractivity contribution in [3.63, 3.8) is 0 Å². The molecular weight excluding hydrogens is 330 g/mol. The first-order valence-corrected chi connectivity index (χ1v) is 9.22. The molecule has 138 valence electrons. The summed E-state index contributed by atoms with van der Waals surface area (Å²) in [5, 5.41) is 4.10. The van der Waals surface area contributed by atoms with Crippen molar-refractivity contribution < 1.29 is 9.26 Å². The van der Waals surface area contributed by atoms with Crippen molar-refractivity contribution in [1.82, 2.24) is 24.4 Å². The van der Waals surface area contributed by atoms with Gasteiger partial charge in [-0.1, -0.05) is 11.6 Å². The second kappa shape index (κ2) is 7.55. The molecule has 0 radical (unpaired) electrons. The van der Waals surface area contributed by atoms with Crippen LogP contribution >= 0.6 is 0 Å². The van der Waals surface area contributed by atoms with E-state index in [0.717, 1.165) is 42.6 Å². The van der Waals surface area contributed by atoms with E-state index < -0.39 is 0 Å². The first-order chi connectivity index (χ1) is 12.7. The molecule has 1 saturated heterocycles. The van der Waals surface area contributed by atoms with Crippen molar-refractivity contribution in [3.05, 3.63) is 47.5 Å². The summed E-state index contributed by atoms with van der Waals surface area (Å²) in [7, 11) is 1.68. The average Bonchev–Trinajstić information content (AvgIpc) is 3.26. The van der Waals surface area contributed by atoms with E-state index in [1.54, 1.807) is 7.11 Å². The Morgan fingerprint density at radius 1 is 1.31 bits per heavy atom. The topological polar surface area (TPSA) is 68.7 Å². The molecule has 26 heavy (non-hydrogen) atoms. The third-order valence-corrected chi connectivity index (χ3v) is 4.94. The van der Waals surface area contributed by atoms with E-state index >= 15 is 0 Å². The Balaban J connectivity index is 1.52. The number of piperidine rings is 1. The molecule has 7 nitrogen and oxygen atoms in total. The van der Waals surface area contributed by atoms with Crippen molar-refractivity contribution in [2.24, 2.45) is 0 Å². The number of aryl methyl sites for hydroxylation is 1. The summed E-state index contributed by atoms with van der Waals surface area (Å²) in [5.41, 5.74) is 3.29. The quantitative estimate of drug-likeness (QED) is 0.677. The van der Waals surface area contributed by atoms with Crippen molar-refractivity contribution in [2.75, 3.05) is 20.3 Å². The van der Waals surface area contributed by atoms with Crippen LogP contribution in [0.25, 0.3) is 5.65 Å². The third-order valence-electron chi connectivity index (χ3n) is 4.94. The fraction of sp³-hybridized carbons (Fsp3) is 0.526. The molecule has 0 aromatic carbocycles. The molecule has 7 heteroatoms. The highest BCUT2D eigenvalue weighted by Crippen LogP contribution is 2.31. The minimum Gasteiger partial charge on any atom is -0.384 e. The van der Waals surface area contributed by atoms with Crippen molar-refractivity contribution in [3.8, 4) is 0 Å². The predicted octanol–water partition coefficient (Wildman–Crippen LogP) is 2.94. The lowest BCUT2D eigenvalue weighted by Crippen LogP contribution is -2.33. The molecule has 0 bridgehead atoms. The van der Waals surface area contributed by atoms with Crippen LogP contribution in [0.2, 0.25) is 0 Å². The van der Waals surface area contributed by atoms with Crippen LogP contribution in [0.3, 0.4) is 0 Å². The summed E-state index contributed by atoms with van der Waals surface area (Å²) in [4.78, 5) is 11.8. The molecule has 4 heterocycles. The number of imidazole rings is 1. The third kappa shape index (κ3) is 3.64. The Morgan fingerprint density at radius 3 is 3.12 bits per heavy atom. The Hall–Kier alpha value is -2.25. The van der Waals surface area contributed by atoms with E-state index in [2.05, 4.69) is 50.9 Å². The summed E-state index contributed by atoms with van der Waals surface area (Å²) in [5.74, 6) is 1.44. The highest BCUT2D eigenvalue weighted by molar-refractivity contribution is 5.42. The molecule has 0 N–H and O–H groups in total. The molecule has 3 aromatic rings. The van der Waals surface area contributed by atoms with Gasteiger partial charge < -0.3 is 13.7 Å². The van der Waals surface area contributed by atoms with Crippen molar-refractivity contribution >= 4 is 5.65 Å². The summed E-state index contributed by atoms with van der Waals surface area (Å²) < 4.78 is 12.7. The summed E-state index contributed by atoms with van der Waals surface area (Å²) in [6, 6.07) is 4.37. The number of hydrogen-bond acceptors (Lipinski definition) is 6. The maximum Gasteiger partial charge on any atom is 0.244 e. The molecule has 0 spiro atoms. The van der Waals surface area contributed by atoms with Crippen LogP contribution in [0.1, 0.15) is 48.3 Å². The first-order valence-electron chi connectivity index (χ1n) is 9.22. The molecule has 0 amide bonds. The van der Waals surface area contributed by atoms with Crippen LogP contribution in [0.5, 0.6) is 0 Å². The zero-order chi connectivity index (χ0) is 17.9. The number of likely N-dealkylation sites (tertiary alicyclic amines) is 1. The van der Waals surface area contributed by atoms with Gasteiger partial charge in [-0.05, 0) is 44.0 Å². The summed E-state index contributed by atoms with van der Waals surface area (Å²) in [6.07, 6.45) is 8.26. The average molecular weight is 355 g/mol. The normalized spacial score (nSPS) is 18.6. The highest BCUT2D eigenvalue weighted by Gasteiger charge is 2.29. The van der Waals surface area contributed by atoms with Crippen LogP contribution in [-0.2, 0) is 17.7 Å². The minimum atomic E-state index is 0.166. The summed E-state index contributed by atoms with van der Waals surface area (Å²) in [6.45, 7) is 4.51. The Labute approximate surface area is 153 Å². The van der Waals surface area contributed by atoms with E-state index in [-0.39, 0.29) is 6.04 Å². The number of methoxy groups -OCH3 is 1. The maximum absolute atomic E-state index is 5.56. The number of hydrogen-bond donors (Lipinski definition) is 0. The number of rotatable bonds is 6. The van der Waals surface area contributed by atoms with E-state index in [0.29, 0.717) is 13.0 Å². The lowest BCUT2D eigenvalue weighted by Gasteiger charge is -2.32. The monoisotopic (exact) mass is 355 g/mol. The molecule has 1 fully saturated rings. The van der Waals surface area contributed by atoms with Gasteiger partial charge in [0, 0.05) is 32.5 Å². The smallest absolute Gasteiger partial charge is 0.244 e. The van der Waals surface area contributed by atoms with Gasteiger partial charge >= 0.3 is 0 Å². The van der Waals surface area contributed by atoms with Crippen LogP contribution in [0.4, 0.5) is 0 Å². The zero-order valence-corrected chi connectivity index (χ0v) is 15.4. The van der Waals surface area contributed by atoms with Crippen LogP contribution < -0.4 is 0 Å². The van der Waals surface area contributed by atoms with Gasteiger partial charge in [-0.3, -0.25) is 4.90 Å². The lowest BCUT2D eigenvalue weighted by molar-refractivity contribution is 0.110. The predicted molar refractivity (Wildman–Crippen MR) is 96.8 cm³/mol. The molecule has 3 aromatic heterocycles. The number of ether oxygens (including phenoxy) is 1. The molecule has 0 aliphatic carbocycles. The van der Waals surface area contributed by atoms with E-state index in [4.69, 9.17) is 14.2 Å². The number of nitrogens with zero attached hydrogens (tertiary/aromatic N) is 5. The molecule has 0 unspecified atom stereocenters. The lowest BCUT2D eigenvalue weighted by atomic mass is 10.0. The highest BCUT2D eigenvalue weighted by atomic mass is 16.5. The van der Waals surface area contributed by atoms with Gasteiger partial charge in [0.15, 0.2) is 5.82 Å². The molecule has 1 aliphatic heterocycles. The molecule has 1 aliphatic rings. The number of aromatic nitrogens is 4. The van der Waals surface area contributed by atoms with E-state index in [1.807, 2.05) is 0 Å². The second-order valence-electron chi connectivity index (χ2n) is 6.98. The van der Waals surface area contributed by atoms with Crippen molar-refractivity contribution in [2.45, 2.75) is 45.2 Å². The molecule has 1 atom stereocenters. The Bertz CT molecular complexity index is 872. The van der Waals surface area contributed by atoms with Gasteiger partial charge in [-0.2, -0.15) is 4.98 Å². The largest absolute Gasteiger partial charge is 0.384 e. The summed E-state index contributed by atoms with van der Waals surface area (Å²) >= 11 is 0. The fourth-order valence-electron chi connectivity index (χ4n) is 3.58. The van der Waals surface area contributed by atoms with Gasteiger partial charge in [0.05, 0.1) is 18.3 Å². The minimum absolute atomic E-state index is 0.166. The van der Waals surface area contributed by atoms with Crippen LogP contribution in [0.15, 0.2) is 29.0 Å².